The first-order valence-corrected chi connectivity index (χ1v) is 5.96. The molecule has 17 heavy (non-hydrogen) atoms. The van der Waals surface area contributed by atoms with Gasteiger partial charge < -0.3 is 15.2 Å². The molecule has 0 aliphatic heterocycles. The predicted octanol–water partition coefficient (Wildman–Crippen LogP) is 2.80. The van der Waals surface area contributed by atoms with Crippen molar-refractivity contribution in [2.75, 3.05) is 25.6 Å². The van der Waals surface area contributed by atoms with Crippen molar-refractivity contribution in [1.82, 2.24) is 0 Å². The molecule has 96 valence electrons. The molecular weight excluding hydrogens is 221 g/mol. The smallest absolute Gasteiger partial charge is 0.146 e. The van der Waals surface area contributed by atoms with E-state index in [-0.39, 0.29) is 12.4 Å². The van der Waals surface area contributed by atoms with E-state index < -0.39 is 0 Å². The predicted molar refractivity (Wildman–Crippen MR) is 67.0 cm³/mol. The first kappa shape index (κ1) is 13.8. The number of rotatable bonds is 8. The Morgan fingerprint density at radius 1 is 1.24 bits per heavy atom. The van der Waals surface area contributed by atoms with Crippen molar-refractivity contribution in [3.8, 4) is 5.75 Å². The van der Waals surface area contributed by atoms with Gasteiger partial charge in [0.2, 0.25) is 0 Å². The van der Waals surface area contributed by atoms with Gasteiger partial charge in [-0.2, -0.15) is 0 Å². The van der Waals surface area contributed by atoms with Gasteiger partial charge >= 0.3 is 0 Å². The van der Waals surface area contributed by atoms with Crippen LogP contribution in [0.2, 0.25) is 0 Å². The van der Waals surface area contributed by atoms with Crippen LogP contribution in [0, 0.1) is 5.82 Å². The maximum Gasteiger partial charge on any atom is 0.146 e. The zero-order valence-electron chi connectivity index (χ0n) is 10.2. The molecule has 0 saturated carbocycles. The number of ether oxygens (including phenoxy) is 1. The lowest BCUT2D eigenvalue weighted by Crippen LogP contribution is -2.03. The lowest BCUT2D eigenvalue weighted by molar-refractivity contribution is 0.283. The molecule has 2 N–H and O–H groups in total. The third-order valence-electron chi connectivity index (χ3n) is 2.57. The van der Waals surface area contributed by atoms with Crippen molar-refractivity contribution in [1.29, 1.82) is 0 Å². The summed E-state index contributed by atoms with van der Waals surface area (Å²) in [7, 11) is 1.56. The quantitative estimate of drug-likeness (QED) is 0.688. The van der Waals surface area contributed by atoms with Gasteiger partial charge in [-0.25, -0.2) is 4.39 Å². The van der Waals surface area contributed by atoms with Crippen LogP contribution >= 0.6 is 0 Å². The monoisotopic (exact) mass is 241 g/mol. The second kappa shape index (κ2) is 7.90. The van der Waals surface area contributed by atoms with Gasteiger partial charge in [-0.15, -0.1) is 0 Å². The summed E-state index contributed by atoms with van der Waals surface area (Å²) in [6.45, 7) is 0.980. The summed E-state index contributed by atoms with van der Waals surface area (Å²) in [5.74, 6) is 0.385. The lowest BCUT2D eigenvalue weighted by atomic mass is 10.2. The third-order valence-corrected chi connectivity index (χ3v) is 2.57. The van der Waals surface area contributed by atoms with Crippen molar-refractivity contribution in [2.24, 2.45) is 0 Å². The van der Waals surface area contributed by atoms with Crippen LogP contribution in [-0.4, -0.2) is 25.4 Å². The number of anilines is 1. The Bertz CT molecular complexity index is 331. The second-order valence-corrected chi connectivity index (χ2v) is 3.91. The molecule has 4 heteroatoms. The largest absolute Gasteiger partial charge is 0.497 e. The molecule has 0 fully saturated rings. The molecule has 0 amide bonds. The van der Waals surface area contributed by atoms with E-state index in [1.807, 2.05) is 0 Å². The van der Waals surface area contributed by atoms with E-state index >= 15 is 0 Å². The number of hydrogen-bond donors (Lipinski definition) is 2. The number of halogens is 1. The van der Waals surface area contributed by atoms with Gasteiger partial charge in [0.25, 0.3) is 0 Å². The number of benzene rings is 1. The van der Waals surface area contributed by atoms with Crippen LogP contribution in [0.1, 0.15) is 25.7 Å². The molecule has 0 unspecified atom stereocenters. The minimum Gasteiger partial charge on any atom is -0.497 e. The first-order chi connectivity index (χ1) is 8.27. The fraction of sp³-hybridized carbons (Fsp3) is 0.538. The van der Waals surface area contributed by atoms with Crippen LogP contribution in [-0.2, 0) is 0 Å². The molecule has 0 aromatic heterocycles. The molecule has 0 bridgehead atoms. The number of nitrogens with one attached hydrogen (secondary N) is 1. The van der Waals surface area contributed by atoms with Crippen LogP contribution in [0.25, 0.3) is 0 Å². The average molecular weight is 241 g/mol. The normalized spacial score (nSPS) is 10.3. The van der Waals surface area contributed by atoms with Gasteiger partial charge in [0.05, 0.1) is 12.8 Å². The topological polar surface area (TPSA) is 41.5 Å². The van der Waals surface area contributed by atoms with E-state index in [2.05, 4.69) is 5.32 Å². The van der Waals surface area contributed by atoms with E-state index in [9.17, 15) is 4.39 Å². The minimum atomic E-state index is -0.263. The van der Waals surface area contributed by atoms with Crippen LogP contribution in [0.15, 0.2) is 18.2 Å². The molecule has 0 spiro atoms. The molecule has 0 aliphatic rings. The standard InChI is InChI=1S/C13H20FNO2/c1-17-11-6-7-12(14)13(10-11)15-8-4-2-3-5-9-16/h6-7,10,15-16H,2-5,8-9H2,1H3. The number of hydrogen-bond acceptors (Lipinski definition) is 3. The van der Waals surface area contributed by atoms with Crippen LogP contribution in [0.3, 0.4) is 0 Å². The Morgan fingerprint density at radius 2 is 2.00 bits per heavy atom. The molecule has 0 radical (unpaired) electrons. The summed E-state index contributed by atoms with van der Waals surface area (Å²) in [6, 6.07) is 4.65. The summed E-state index contributed by atoms with van der Waals surface area (Å²) < 4.78 is 18.4. The Kier molecular flexibility index (Phi) is 6.40. The maximum absolute atomic E-state index is 13.4. The molecule has 0 heterocycles. The summed E-state index contributed by atoms with van der Waals surface area (Å²) in [5, 5.41) is 11.7. The summed E-state index contributed by atoms with van der Waals surface area (Å²) in [5.41, 5.74) is 0.478. The average Bonchev–Trinajstić information content (AvgIpc) is 2.35. The fourth-order valence-electron chi connectivity index (χ4n) is 1.58. The lowest BCUT2D eigenvalue weighted by Gasteiger charge is -2.09. The van der Waals surface area contributed by atoms with E-state index in [4.69, 9.17) is 9.84 Å². The highest BCUT2D eigenvalue weighted by Crippen LogP contribution is 2.21. The van der Waals surface area contributed by atoms with Crippen molar-refractivity contribution >= 4 is 5.69 Å². The second-order valence-electron chi connectivity index (χ2n) is 3.91. The Labute approximate surface area is 102 Å². The van der Waals surface area contributed by atoms with Crippen molar-refractivity contribution < 1.29 is 14.2 Å². The van der Waals surface area contributed by atoms with Gasteiger partial charge in [-0.05, 0) is 25.0 Å². The molecule has 1 aromatic rings. The number of aliphatic hydroxyl groups excluding tert-OH is 1. The molecule has 0 atom stereocenters. The maximum atomic E-state index is 13.4. The Morgan fingerprint density at radius 3 is 2.71 bits per heavy atom. The fourth-order valence-corrected chi connectivity index (χ4v) is 1.58. The molecule has 0 saturated heterocycles. The third kappa shape index (κ3) is 5.04. The van der Waals surface area contributed by atoms with Crippen LogP contribution in [0.5, 0.6) is 5.75 Å². The molecule has 0 aliphatic carbocycles. The van der Waals surface area contributed by atoms with Gasteiger partial charge in [0.15, 0.2) is 0 Å². The van der Waals surface area contributed by atoms with E-state index in [0.29, 0.717) is 11.4 Å². The zero-order chi connectivity index (χ0) is 12.5. The Balaban J connectivity index is 2.30. The van der Waals surface area contributed by atoms with Gasteiger partial charge in [-0.1, -0.05) is 12.8 Å². The Hall–Kier alpha value is -1.29. The van der Waals surface area contributed by atoms with E-state index in [0.717, 1.165) is 32.2 Å². The number of methoxy groups -OCH3 is 1. The van der Waals surface area contributed by atoms with Crippen molar-refractivity contribution in [3.05, 3.63) is 24.0 Å². The van der Waals surface area contributed by atoms with Gasteiger partial charge in [0.1, 0.15) is 11.6 Å². The van der Waals surface area contributed by atoms with Crippen molar-refractivity contribution in [2.45, 2.75) is 25.7 Å². The number of unbranched alkanes of at least 4 members (excludes halogenated alkanes) is 3. The van der Waals surface area contributed by atoms with Crippen LogP contribution in [0.4, 0.5) is 10.1 Å². The molecular formula is C13H20FNO2. The SMILES string of the molecule is COc1ccc(F)c(NCCCCCCO)c1. The number of aliphatic hydroxyl groups is 1. The highest BCUT2D eigenvalue weighted by Gasteiger charge is 2.02. The zero-order valence-corrected chi connectivity index (χ0v) is 10.2. The summed E-state index contributed by atoms with van der Waals surface area (Å²) in [6.07, 6.45) is 3.86. The highest BCUT2D eigenvalue weighted by molar-refractivity contribution is 5.49. The molecule has 1 aromatic carbocycles. The molecule has 1 rings (SSSR count). The van der Waals surface area contributed by atoms with E-state index in [1.165, 1.54) is 6.07 Å². The summed E-state index contributed by atoms with van der Waals surface area (Å²) >= 11 is 0. The molecule has 3 nitrogen and oxygen atoms in total. The van der Waals surface area contributed by atoms with Gasteiger partial charge in [-0.3, -0.25) is 0 Å². The highest BCUT2D eigenvalue weighted by atomic mass is 19.1. The van der Waals surface area contributed by atoms with Gasteiger partial charge in [0, 0.05) is 19.2 Å². The van der Waals surface area contributed by atoms with Crippen LogP contribution < -0.4 is 10.1 Å². The minimum absolute atomic E-state index is 0.248. The van der Waals surface area contributed by atoms with E-state index in [1.54, 1.807) is 19.2 Å². The van der Waals surface area contributed by atoms with Crippen molar-refractivity contribution in [3.63, 3.8) is 0 Å². The first-order valence-electron chi connectivity index (χ1n) is 5.96. The summed E-state index contributed by atoms with van der Waals surface area (Å²) in [4.78, 5) is 0.